The van der Waals surface area contributed by atoms with Crippen molar-refractivity contribution in [3.63, 3.8) is 0 Å². The summed E-state index contributed by atoms with van der Waals surface area (Å²) in [5.41, 5.74) is -0.0183. The minimum atomic E-state index is -0.965. The fourth-order valence-electron chi connectivity index (χ4n) is 0.779. The zero-order chi connectivity index (χ0) is 9.68. The topological polar surface area (TPSA) is 23.8 Å². The summed E-state index contributed by atoms with van der Waals surface area (Å²) in [7, 11) is 0. The first kappa shape index (κ1) is 9.22. The van der Waals surface area contributed by atoms with Gasteiger partial charge in [0.15, 0.2) is 11.6 Å². The molecule has 0 N–H and O–H groups in total. The molecule has 0 saturated heterocycles. The molecule has 0 aliphatic heterocycles. The van der Waals surface area contributed by atoms with Gasteiger partial charge in [0.25, 0.3) is 0 Å². The molecule has 0 bridgehead atoms. The molecule has 0 radical (unpaired) electrons. The summed E-state index contributed by atoms with van der Waals surface area (Å²) in [5, 5.41) is 8.15. The molecule has 64 valence electrons. The Labute approximate surface area is 74.6 Å². The van der Waals surface area contributed by atoms with Crippen molar-refractivity contribution in [1.82, 2.24) is 0 Å². The minimum absolute atomic E-state index is 0.00987. The first-order valence-electron chi connectivity index (χ1n) is 3.55. The standard InChI is InChI=1S/C10H5F2N/c11-9-6-3-5-8(10(9)12)4-1-2-7-13/h3,5-6H,2H2. The van der Waals surface area contributed by atoms with Crippen molar-refractivity contribution in [2.75, 3.05) is 0 Å². The number of hydrogen-bond donors (Lipinski definition) is 0. The summed E-state index contributed by atoms with van der Waals surface area (Å²) in [6, 6.07) is 5.53. The highest BCUT2D eigenvalue weighted by Gasteiger charge is 2.03. The third-order valence-corrected chi connectivity index (χ3v) is 1.34. The van der Waals surface area contributed by atoms with Gasteiger partial charge in [-0.25, -0.2) is 8.78 Å². The van der Waals surface area contributed by atoms with E-state index in [0.29, 0.717) is 0 Å². The normalized spacial score (nSPS) is 8.38. The van der Waals surface area contributed by atoms with Crippen LogP contribution in [0.4, 0.5) is 8.78 Å². The van der Waals surface area contributed by atoms with Crippen LogP contribution in [0.5, 0.6) is 0 Å². The van der Waals surface area contributed by atoms with E-state index >= 15 is 0 Å². The van der Waals surface area contributed by atoms with Crippen LogP contribution in [0.25, 0.3) is 0 Å². The van der Waals surface area contributed by atoms with Crippen LogP contribution < -0.4 is 0 Å². The van der Waals surface area contributed by atoms with Crippen LogP contribution in [0.3, 0.4) is 0 Å². The van der Waals surface area contributed by atoms with Crippen molar-refractivity contribution in [3.8, 4) is 17.9 Å². The number of nitriles is 1. The van der Waals surface area contributed by atoms with Crippen LogP contribution in [0.2, 0.25) is 0 Å². The van der Waals surface area contributed by atoms with E-state index in [1.165, 1.54) is 12.1 Å². The number of nitrogens with zero attached hydrogens (tertiary/aromatic N) is 1. The number of benzene rings is 1. The first-order valence-corrected chi connectivity index (χ1v) is 3.55. The second-order valence-corrected chi connectivity index (χ2v) is 2.24. The van der Waals surface area contributed by atoms with Crippen LogP contribution in [0.1, 0.15) is 12.0 Å². The van der Waals surface area contributed by atoms with Crippen molar-refractivity contribution < 1.29 is 8.78 Å². The van der Waals surface area contributed by atoms with E-state index < -0.39 is 11.6 Å². The third-order valence-electron chi connectivity index (χ3n) is 1.34. The van der Waals surface area contributed by atoms with Gasteiger partial charge in [-0.1, -0.05) is 17.9 Å². The summed E-state index contributed by atoms with van der Waals surface area (Å²) in [4.78, 5) is 0. The summed E-state index contributed by atoms with van der Waals surface area (Å²) >= 11 is 0. The predicted molar refractivity (Wildman–Crippen MR) is 43.5 cm³/mol. The highest BCUT2D eigenvalue weighted by atomic mass is 19.2. The lowest BCUT2D eigenvalue weighted by Gasteiger charge is -1.93. The molecule has 0 fully saturated rings. The largest absolute Gasteiger partial charge is 0.204 e. The van der Waals surface area contributed by atoms with Gasteiger partial charge < -0.3 is 0 Å². The smallest absolute Gasteiger partial charge is 0.174 e. The molecule has 0 aromatic heterocycles. The molecule has 0 heterocycles. The summed E-state index contributed by atoms with van der Waals surface area (Å²) in [6.45, 7) is 0. The van der Waals surface area contributed by atoms with Crippen LogP contribution in [-0.2, 0) is 0 Å². The van der Waals surface area contributed by atoms with Crippen LogP contribution >= 0.6 is 0 Å². The highest BCUT2D eigenvalue weighted by molar-refractivity contribution is 5.36. The summed E-state index contributed by atoms with van der Waals surface area (Å²) in [6.07, 6.45) is 0.00987. The molecule has 0 aliphatic carbocycles. The Bertz CT molecular complexity index is 407. The molecular weight excluding hydrogens is 172 g/mol. The van der Waals surface area contributed by atoms with Gasteiger partial charge in [0, 0.05) is 0 Å². The van der Waals surface area contributed by atoms with Crippen molar-refractivity contribution in [2.24, 2.45) is 0 Å². The zero-order valence-electron chi connectivity index (χ0n) is 6.64. The lowest BCUT2D eigenvalue weighted by molar-refractivity contribution is 0.506. The molecule has 0 atom stereocenters. The Balaban J connectivity index is 2.99. The van der Waals surface area contributed by atoms with E-state index in [-0.39, 0.29) is 12.0 Å². The molecule has 0 saturated carbocycles. The first-order chi connectivity index (χ1) is 6.25. The van der Waals surface area contributed by atoms with E-state index in [0.717, 1.165) is 6.07 Å². The molecule has 1 aromatic carbocycles. The second kappa shape index (κ2) is 4.23. The van der Waals surface area contributed by atoms with E-state index in [4.69, 9.17) is 5.26 Å². The Morgan fingerprint density at radius 1 is 1.31 bits per heavy atom. The fraction of sp³-hybridized carbons (Fsp3) is 0.100. The number of rotatable bonds is 0. The molecule has 13 heavy (non-hydrogen) atoms. The van der Waals surface area contributed by atoms with Crippen LogP contribution in [0, 0.1) is 34.8 Å². The van der Waals surface area contributed by atoms with Gasteiger partial charge in [0.2, 0.25) is 0 Å². The average Bonchev–Trinajstić information content (AvgIpc) is 2.13. The Morgan fingerprint density at radius 2 is 2.08 bits per heavy atom. The van der Waals surface area contributed by atoms with Gasteiger partial charge in [0.1, 0.15) is 0 Å². The zero-order valence-corrected chi connectivity index (χ0v) is 6.64. The van der Waals surface area contributed by atoms with Gasteiger partial charge in [-0.15, -0.1) is 0 Å². The van der Waals surface area contributed by atoms with Gasteiger partial charge in [-0.3, -0.25) is 0 Å². The molecule has 0 amide bonds. The lowest BCUT2D eigenvalue weighted by atomic mass is 10.2. The maximum absolute atomic E-state index is 12.9. The summed E-state index contributed by atoms with van der Waals surface area (Å²) in [5.74, 6) is 2.88. The van der Waals surface area contributed by atoms with E-state index in [1.54, 1.807) is 6.07 Å². The molecule has 1 nitrogen and oxygen atoms in total. The molecular formula is C10H5F2N. The van der Waals surface area contributed by atoms with Gasteiger partial charge in [-0.2, -0.15) is 5.26 Å². The van der Waals surface area contributed by atoms with Gasteiger partial charge in [-0.05, 0) is 12.1 Å². The lowest BCUT2D eigenvalue weighted by Crippen LogP contribution is -1.87. The summed E-state index contributed by atoms with van der Waals surface area (Å²) < 4.78 is 25.4. The van der Waals surface area contributed by atoms with Gasteiger partial charge >= 0.3 is 0 Å². The van der Waals surface area contributed by atoms with Crippen molar-refractivity contribution in [2.45, 2.75) is 6.42 Å². The second-order valence-electron chi connectivity index (χ2n) is 2.24. The molecule has 0 aliphatic rings. The predicted octanol–water partition coefficient (Wildman–Crippen LogP) is 2.23. The van der Waals surface area contributed by atoms with Crippen molar-refractivity contribution in [3.05, 3.63) is 35.4 Å². The Hall–Kier alpha value is -1.87. The van der Waals surface area contributed by atoms with Crippen LogP contribution in [-0.4, -0.2) is 0 Å². The SMILES string of the molecule is N#CCC#Cc1cccc(F)c1F. The fourth-order valence-corrected chi connectivity index (χ4v) is 0.779. The molecule has 1 aromatic rings. The monoisotopic (exact) mass is 177 g/mol. The van der Waals surface area contributed by atoms with E-state index in [9.17, 15) is 8.78 Å². The maximum Gasteiger partial charge on any atom is 0.174 e. The Kier molecular flexibility index (Phi) is 3.00. The maximum atomic E-state index is 12.9. The molecule has 3 heteroatoms. The number of halogens is 2. The average molecular weight is 177 g/mol. The molecule has 0 unspecified atom stereocenters. The van der Waals surface area contributed by atoms with E-state index in [1.807, 2.05) is 0 Å². The highest BCUT2D eigenvalue weighted by Crippen LogP contribution is 2.09. The van der Waals surface area contributed by atoms with Crippen molar-refractivity contribution >= 4 is 0 Å². The van der Waals surface area contributed by atoms with Crippen LogP contribution in [0.15, 0.2) is 18.2 Å². The number of hydrogen-bond acceptors (Lipinski definition) is 1. The Morgan fingerprint density at radius 3 is 2.77 bits per heavy atom. The molecule has 1 rings (SSSR count). The third kappa shape index (κ3) is 2.28. The quantitative estimate of drug-likeness (QED) is 0.557. The molecule has 0 spiro atoms. The van der Waals surface area contributed by atoms with Crippen molar-refractivity contribution in [1.29, 1.82) is 5.26 Å². The van der Waals surface area contributed by atoms with Gasteiger partial charge in [0.05, 0.1) is 18.1 Å². The minimum Gasteiger partial charge on any atom is -0.204 e. The van der Waals surface area contributed by atoms with E-state index in [2.05, 4.69) is 11.8 Å².